The van der Waals surface area contributed by atoms with Crippen molar-refractivity contribution in [2.75, 3.05) is 19.6 Å². The summed E-state index contributed by atoms with van der Waals surface area (Å²) in [7, 11) is 0. The van der Waals surface area contributed by atoms with E-state index < -0.39 is 0 Å². The van der Waals surface area contributed by atoms with Crippen LogP contribution in [0.1, 0.15) is 26.2 Å². The maximum Gasteiger partial charge on any atom is 0.210 e. The summed E-state index contributed by atoms with van der Waals surface area (Å²) >= 11 is 0. The molecule has 2 fully saturated rings. The van der Waals surface area contributed by atoms with Gasteiger partial charge >= 0.3 is 0 Å². The molecule has 2 unspecified atom stereocenters. The predicted molar refractivity (Wildman–Crippen MR) is 51.4 cm³/mol. The van der Waals surface area contributed by atoms with Gasteiger partial charge in [0.25, 0.3) is 0 Å². The zero-order valence-corrected chi connectivity index (χ0v) is 8.28. The fraction of sp³-hybridized carbons (Fsp3) is 0.900. The molecule has 0 radical (unpaired) electrons. The quantitative estimate of drug-likeness (QED) is 0.557. The molecule has 2 atom stereocenters. The van der Waals surface area contributed by atoms with E-state index in [4.69, 9.17) is 0 Å². The summed E-state index contributed by atoms with van der Waals surface area (Å²) in [4.78, 5) is 15.3. The highest BCUT2D eigenvalue weighted by Gasteiger charge is 2.31. The maximum atomic E-state index is 10.8. The van der Waals surface area contributed by atoms with Gasteiger partial charge in [-0.05, 0) is 26.3 Å². The molecule has 0 aliphatic carbocycles. The minimum Gasteiger partial charge on any atom is -0.340 e. The topological polar surface area (TPSA) is 23.6 Å². The fourth-order valence-corrected chi connectivity index (χ4v) is 2.52. The number of nitrogens with zero attached hydrogens (tertiary/aromatic N) is 2. The van der Waals surface area contributed by atoms with Gasteiger partial charge in [0, 0.05) is 25.2 Å². The number of rotatable bonds is 1. The van der Waals surface area contributed by atoms with E-state index in [2.05, 4.69) is 11.8 Å². The van der Waals surface area contributed by atoms with E-state index in [1.165, 1.54) is 25.8 Å². The molecule has 3 heteroatoms. The van der Waals surface area contributed by atoms with Crippen LogP contribution in [0.15, 0.2) is 0 Å². The Labute approximate surface area is 79.7 Å². The highest BCUT2D eigenvalue weighted by atomic mass is 16.1. The first kappa shape index (κ1) is 9.00. The Balaban J connectivity index is 2.00. The second-order valence-electron chi connectivity index (χ2n) is 4.30. The summed E-state index contributed by atoms with van der Waals surface area (Å²) in [6, 6.07) is 1.06. The van der Waals surface area contributed by atoms with E-state index in [0.717, 1.165) is 19.5 Å². The van der Waals surface area contributed by atoms with Gasteiger partial charge in [0.2, 0.25) is 6.41 Å². The summed E-state index contributed by atoms with van der Waals surface area (Å²) < 4.78 is 0. The van der Waals surface area contributed by atoms with Crippen LogP contribution < -0.4 is 0 Å². The summed E-state index contributed by atoms with van der Waals surface area (Å²) in [5.74, 6) is 0. The van der Waals surface area contributed by atoms with Gasteiger partial charge in [-0.25, -0.2) is 0 Å². The Morgan fingerprint density at radius 1 is 1.31 bits per heavy atom. The van der Waals surface area contributed by atoms with Crippen molar-refractivity contribution in [3.63, 3.8) is 0 Å². The third kappa shape index (κ3) is 1.70. The summed E-state index contributed by atoms with van der Waals surface area (Å²) in [6.07, 6.45) is 4.96. The number of piperazine rings is 1. The third-order valence-electron chi connectivity index (χ3n) is 3.37. The van der Waals surface area contributed by atoms with E-state index in [0.29, 0.717) is 12.1 Å². The third-order valence-corrected chi connectivity index (χ3v) is 3.37. The highest BCUT2D eigenvalue weighted by Crippen LogP contribution is 2.22. The molecule has 0 spiro atoms. The Hall–Kier alpha value is -0.570. The minimum atomic E-state index is 0.409. The van der Waals surface area contributed by atoms with Crippen molar-refractivity contribution in [2.45, 2.75) is 38.3 Å². The van der Waals surface area contributed by atoms with E-state index in [1.54, 1.807) is 0 Å². The number of fused-ring (bicyclic) bond motifs is 1. The molecule has 74 valence electrons. The molecule has 0 bridgehead atoms. The molecule has 2 aliphatic heterocycles. The molecule has 0 aromatic carbocycles. The van der Waals surface area contributed by atoms with Crippen molar-refractivity contribution in [3.05, 3.63) is 0 Å². The van der Waals surface area contributed by atoms with E-state index >= 15 is 0 Å². The summed E-state index contributed by atoms with van der Waals surface area (Å²) in [5, 5.41) is 0. The monoisotopic (exact) mass is 182 g/mol. The van der Waals surface area contributed by atoms with Crippen molar-refractivity contribution in [3.8, 4) is 0 Å². The molecule has 0 aromatic rings. The Morgan fingerprint density at radius 3 is 2.92 bits per heavy atom. The molecule has 2 rings (SSSR count). The summed E-state index contributed by atoms with van der Waals surface area (Å²) in [6.45, 7) is 5.40. The van der Waals surface area contributed by atoms with Gasteiger partial charge in [0.15, 0.2) is 0 Å². The lowest BCUT2D eigenvalue weighted by atomic mass is 9.98. The van der Waals surface area contributed by atoms with Crippen molar-refractivity contribution in [1.29, 1.82) is 0 Å². The van der Waals surface area contributed by atoms with Gasteiger partial charge in [-0.1, -0.05) is 6.42 Å². The Bertz CT molecular complexity index is 195. The second-order valence-corrected chi connectivity index (χ2v) is 4.30. The van der Waals surface area contributed by atoms with Crippen LogP contribution in [0.5, 0.6) is 0 Å². The average Bonchev–Trinajstić information content (AvgIpc) is 2.17. The molecule has 0 N–H and O–H groups in total. The van der Waals surface area contributed by atoms with Crippen LogP contribution in [-0.2, 0) is 4.79 Å². The Morgan fingerprint density at radius 2 is 2.15 bits per heavy atom. The molecule has 2 aliphatic rings. The van der Waals surface area contributed by atoms with E-state index in [1.807, 2.05) is 4.90 Å². The largest absolute Gasteiger partial charge is 0.340 e. The molecular formula is C10H18N2O. The molecule has 2 heterocycles. The van der Waals surface area contributed by atoms with Crippen molar-refractivity contribution in [2.24, 2.45) is 0 Å². The molecule has 1 amide bonds. The lowest BCUT2D eigenvalue weighted by Crippen LogP contribution is -2.58. The van der Waals surface area contributed by atoms with Crippen LogP contribution in [0.4, 0.5) is 0 Å². The lowest BCUT2D eigenvalue weighted by molar-refractivity contribution is -0.124. The van der Waals surface area contributed by atoms with Gasteiger partial charge in [0.1, 0.15) is 0 Å². The second kappa shape index (κ2) is 3.66. The standard InChI is InChI=1S/C10H18N2O/c1-9-6-11-5-3-2-4-10(11)7-12(9)8-13/h8-10H,2-7H2,1H3. The van der Waals surface area contributed by atoms with Gasteiger partial charge in [-0.15, -0.1) is 0 Å². The van der Waals surface area contributed by atoms with E-state index in [9.17, 15) is 4.79 Å². The van der Waals surface area contributed by atoms with Crippen LogP contribution in [0.2, 0.25) is 0 Å². The first-order chi connectivity index (χ1) is 6.31. The maximum absolute atomic E-state index is 10.8. The number of hydrogen-bond donors (Lipinski definition) is 0. The first-order valence-corrected chi connectivity index (χ1v) is 5.26. The fourth-order valence-electron chi connectivity index (χ4n) is 2.52. The number of carbonyl (C=O) groups excluding carboxylic acids is 1. The van der Waals surface area contributed by atoms with Crippen molar-refractivity contribution >= 4 is 6.41 Å². The Kier molecular flexibility index (Phi) is 2.54. The molecule has 0 saturated carbocycles. The number of piperidine rings is 1. The molecule has 13 heavy (non-hydrogen) atoms. The zero-order chi connectivity index (χ0) is 9.26. The predicted octanol–water partition coefficient (Wildman–Crippen LogP) is 0.701. The van der Waals surface area contributed by atoms with E-state index in [-0.39, 0.29) is 0 Å². The molecule has 2 saturated heterocycles. The van der Waals surface area contributed by atoms with Crippen LogP contribution in [0, 0.1) is 0 Å². The normalized spacial score (nSPS) is 35.6. The van der Waals surface area contributed by atoms with Crippen LogP contribution in [0.3, 0.4) is 0 Å². The molecule has 3 nitrogen and oxygen atoms in total. The number of hydrogen-bond acceptors (Lipinski definition) is 2. The molecule has 0 aromatic heterocycles. The van der Waals surface area contributed by atoms with Crippen LogP contribution >= 0.6 is 0 Å². The molecular weight excluding hydrogens is 164 g/mol. The van der Waals surface area contributed by atoms with Gasteiger partial charge in [0.05, 0.1) is 0 Å². The van der Waals surface area contributed by atoms with Crippen molar-refractivity contribution < 1.29 is 4.79 Å². The highest BCUT2D eigenvalue weighted by molar-refractivity contribution is 5.48. The van der Waals surface area contributed by atoms with Gasteiger partial charge < -0.3 is 4.90 Å². The number of amides is 1. The van der Waals surface area contributed by atoms with Gasteiger partial charge in [-0.2, -0.15) is 0 Å². The smallest absolute Gasteiger partial charge is 0.210 e. The van der Waals surface area contributed by atoms with Crippen LogP contribution in [-0.4, -0.2) is 47.9 Å². The first-order valence-electron chi connectivity index (χ1n) is 5.26. The van der Waals surface area contributed by atoms with Crippen molar-refractivity contribution in [1.82, 2.24) is 9.80 Å². The average molecular weight is 182 g/mol. The lowest BCUT2D eigenvalue weighted by Gasteiger charge is -2.46. The summed E-state index contributed by atoms with van der Waals surface area (Å²) in [5.41, 5.74) is 0. The van der Waals surface area contributed by atoms with Crippen LogP contribution in [0.25, 0.3) is 0 Å². The SMILES string of the molecule is CC1CN2CCCCC2CN1C=O. The number of carbonyl (C=O) groups is 1. The minimum absolute atomic E-state index is 0.409. The van der Waals surface area contributed by atoms with Gasteiger partial charge in [-0.3, -0.25) is 9.69 Å². The zero-order valence-electron chi connectivity index (χ0n) is 8.28.